The van der Waals surface area contributed by atoms with Crippen LogP contribution in [0, 0.1) is 11.6 Å². The highest BCUT2D eigenvalue weighted by Crippen LogP contribution is 2.21. The van der Waals surface area contributed by atoms with Gasteiger partial charge in [0, 0.05) is 13.1 Å². The molecule has 20 heavy (non-hydrogen) atoms. The minimum Gasteiger partial charge on any atom is -0.503 e. The Morgan fingerprint density at radius 1 is 1.10 bits per heavy atom. The first-order chi connectivity index (χ1) is 9.58. The Morgan fingerprint density at radius 2 is 1.70 bits per heavy atom. The Morgan fingerprint density at radius 3 is 2.30 bits per heavy atom. The number of hydrogen-bond donors (Lipinski definition) is 2. The average Bonchev–Trinajstić information content (AvgIpc) is 2.45. The molecule has 0 aromatic heterocycles. The molecule has 2 nitrogen and oxygen atoms in total. The lowest BCUT2D eigenvalue weighted by Crippen LogP contribution is -2.19. The molecule has 2 aromatic carbocycles. The first-order valence-electron chi connectivity index (χ1n) is 6.50. The van der Waals surface area contributed by atoms with E-state index >= 15 is 0 Å². The van der Waals surface area contributed by atoms with Crippen molar-refractivity contribution in [3.05, 3.63) is 65.2 Å². The monoisotopic (exact) mass is 277 g/mol. The zero-order valence-electron chi connectivity index (χ0n) is 11.2. The fraction of sp³-hybridized carbons (Fsp3) is 0.250. The maximum absolute atomic E-state index is 13.2. The van der Waals surface area contributed by atoms with Crippen molar-refractivity contribution in [2.45, 2.75) is 19.4 Å². The summed E-state index contributed by atoms with van der Waals surface area (Å²) in [6.45, 7) is 3.14. The molecule has 0 radical (unpaired) electrons. The second kappa shape index (κ2) is 6.48. The first-order valence-corrected chi connectivity index (χ1v) is 6.50. The van der Waals surface area contributed by atoms with E-state index in [-0.39, 0.29) is 0 Å². The quantitative estimate of drug-likeness (QED) is 0.875. The number of nitrogens with one attached hydrogen (secondary N) is 1. The maximum Gasteiger partial charge on any atom is 0.187 e. The number of phenolic OH excluding ortho intramolecular Hbond substituents is 1. The number of rotatable bonds is 5. The molecular formula is C16H17F2NO. The minimum absolute atomic E-state index is 0.308. The predicted octanol–water partition coefficient (Wildman–Crippen LogP) is 3.56. The molecule has 1 atom stereocenters. The van der Waals surface area contributed by atoms with Gasteiger partial charge in [0.25, 0.3) is 0 Å². The largest absolute Gasteiger partial charge is 0.503 e. The third-order valence-corrected chi connectivity index (χ3v) is 3.22. The Hall–Kier alpha value is -1.94. The molecule has 106 valence electrons. The topological polar surface area (TPSA) is 32.3 Å². The van der Waals surface area contributed by atoms with E-state index in [1.54, 1.807) is 0 Å². The Labute approximate surface area is 117 Å². The molecular weight excluding hydrogens is 260 g/mol. The summed E-state index contributed by atoms with van der Waals surface area (Å²) in [5.41, 5.74) is 1.68. The van der Waals surface area contributed by atoms with Gasteiger partial charge in [-0.1, -0.05) is 37.3 Å². The fourth-order valence-corrected chi connectivity index (χ4v) is 2.05. The van der Waals surface area contributed by atoms with Crippen LogP contribution in [-0.4, -0.2) is 11.7 Å². The maximum atomic E-state index is 13.2. The molecule has 2 N–H and O–H groups in total. The molecule has 4 heteroatoms. The van der Waals surface area contributed by atoms with Crippen molar-refractivity contribution in [1.29, 1.82) is 0 Å². The Balaban J connectivity index is 1.90. The third-order valence-electron chi connectivity index (χ3n) is 3.22. The van der Waals surface area contributed by atoms with Gasteiger partial charge >= 0.3 is 0 Å². The summed E-state index contributed by atoms with van der Waals surface area (Å²) in [5.74, 6) is -2.48. The Bertz CT molecular complexity index is 549. The molecule has 0 heterocycles. The van der Waals surface area contributed by atoms with Crippen LogP contribution in [0.4, 0.5) is 8.78 Å². The van der Waals surface area contributed by atoms with Crippen LogP contribution in [0.1, 0.15) is 24.0 Å². The summed E-state index contributed by atoms with van der Waals surface area (Å²) >= 11 is 0. The van der Waals surface area contributed by atoms with Crippen LogP contribution in [0.25, 0.3) is 0 Å². The zero-order valence-corrected chi connectivity index (χ0v) is 11.2. The van der Waals surface area contributed by atoms with Crippen LogP contribution in [0.5, 0.6) is 5.75 Å². The lowest BCUT2D eigenvalue weighted by Gasteiger charge is -2.13. The summed E-state index contributed by atoms with van der Waals surface area (Å²) in [6, 6.07) is 12.3. The van der Waals surface area contributed by atoms with Crippen molar-refractivity contribution < 1.29 is 13.9 Å². The molecule has 0 bridgehead atoms. The third kappa shape index (κ3) is 3.54. The predicted molar refractivity (Wildman–Crippen MR) is 74.6 cm³/mol. The Kier molecular flexibility index (Phi) is 4.69. The molecule has 2 rings (SSSR count). The van der Waals surface area contributed by atoms with E-state index in [9.17, 15) is 8.78 Å². The second-order valence-corrected chi connectivity index (χ2v) is 4.85. The normalized spacial score (nSPS) is 12.3. The van der Waals surface area contributed by atoms with E-state index in [1.807, 2.05) is 30.3 Å². The minimum atomic E-state index is -0.932. The zero-order chi connectivity index (χ0) is 14.5. The SMILES string of the molecule is CC(CNCc1cc(F)c(O)c(F)c1)c1ccccc1. The highest BCUT2D eigenvalue weighted by Gasteiger charge is 2.10. The van der Waals surface area contributed by atoms with E-state index in [0.29, 0.717) is 24.6 Å². The average molecular weight is 277 g/mol. The van der Waals surface area contributed by atoms with Crippen LogP contribution >= 0.6 is 0 Å². The summed E-state index contributed by atoms with van der Waals surface area (Å²) in [4.78, 5) is 0. The standard InChI is InChI=1S/C16H17F2NO/c1-11(13-5-3-2-4-6-13)9-19-10-12-7-14(17)16(20)15(18)8-12/h2-8,11,19-20H,9-10H2,1H3. The molecule has 0 saturated carbocycles. The lowest BCUT2D eigenvalue weighted by molar-refractivity contribution is 0.395. The lowest BCUT2D eigenvalue weighted by atomic mass is 10.0. The highest BCUT2D eigenvalue weighted by atomic mass is 19.1. The van der Waals surface area contributed by atoms with Gasteiger partial charge in [-0.05, 0) is 29.2 Å². The van der Waals surface area contributed by atoms with Crippen LogP contribution in [0.15, 0.2) is 42.5 Å². The summed E-state index contributed by atoms with van der Waals surface area (Å²) < 4.78 is 26.3. The van der Waals surface area contributed by atoms with Gasteiger partial charge in [-0.2, -0.15) is 0 Å². The number of phenols is 1. The van der Waals surface area contributed by atoms with Crippen molar-refractivity contribution in [3.8, 4) is 5.75 Å². The molecule has 0 fully saturated rings. The summed E-state index contributed by atoms with van der Waals surface area (Å²) in [6.07, 6.45) is 0. The molecule has 1 unspecified atom stereocenters. The highest BCUT2D eigenvalue weighted by molar-refractivity contribution is 5.30. The summed E-state index contributed by atoms with van der Waals surface area (Å²) in [7, 11) is 0. The molecule has 0 aliphatic heterocycles. The van der Waals surface area contributed by atoms with Crippen molar-refractivity contribution in [1.82, 2.24) is 5.32 Å². The van der Waals surface area contributed by atoms with Gasteiger partial charge in [0.1, 0.15) is 0 Å². The van der Waals surface area contributed by atoms with E-state index in [2.05, 4.69) is 12.2 Å². The fourth-order valence-electron chi connectivity index (χ4n) is 2.05. The smallest absolute Gasteiger partial charge is 0.187 e. The number of halogens is 2. The van der Waals surface area contributed by atoms with Gasteiger partial charge in [-0.3, -0.25) is 0 Å². The van der Waals surface area contributed by atoms with E-state index in [0.717, 1.165) is 12.1 Å². The summed E-state index contributed by atoms with van der Waals surface area (Å²) in [5, 5.41) is 12.2. The van der Waals surface area contributed by atoms with E-state index in [4.69, 9.17) is 5.11 Å². The molecule has 2 aromatic rings. The van der Waals surface area contributed by atoms with Crippen LogP contribution < -0.4 is 5.32 Å². The van der Waals surface area contributed by atoms with Crippen LogP contribution in [0.3, 0.4) is 0 Å². The van der Waals surface area contributed by atoms with Crippen molar-refractivity contribution >= 4 is 0 Å². The van der Waals surface area contributed by atoms with Crippen LogP contribution in [0.2, 0.25) is 0 Å². The molecule has 0 amide bonds. The van der Waals surface area contributed by atoms with Gasteiger partial charge < -0.3 is 10.4 Å². The van der Waals surface area contributed by atoms with Crippen molar-refractivity contribution in [2.75, 3.05) is 6.54 Å². The van der Waals surface area contributed by atoms with Gasteiger partial charge in [-0.15, -0.1) is 0 Å². The number of aromatic hydroxyl groups is 1. The van der Waals surface area contributed by atoms with E-state index < -0.39 is 17.4 Å². The van der Waals surface area contributed by atoms with Gasteiger partial charge in [0.15, 0.2) is 17.4 Å². The molecule has 0 saturated heterocycles. The molecule has 0 aliphatic rings. The van der Waals surface area contributed by atoms with Crippen molar-refractivity contribution in [2.24, 2.45) is 0 Å². The second-order valence-electron chi connectivity index (χ2n) is 4.85. The molecule has 0 aliphatic carbocycles. The molecule has 0 spiro atoms. The van der Waals surface area contributed by atoms with E-state index in [1.165, 1.54) is 5.56 Å². The van der Waals surface area contributed by atoms with Gasteiger partial charge in [0.05, 0.1) is 0 Å². The van der Waals surface area contributed by atoms with Gasteiger partial charge in [-0.25, -0.2) is 8.78 Å². The number of benzene rings is 2. The first kappa shape index (κ1) is 14.5. The van der Waals surface area contributed by atoms with Crippen molar-refractivity contribution in [3.63, 3.8) is 0 Å². The number of hydrogen-bond acceptors (Lipinski definition) is 2. The van der Waals surface area contributed by atoms with Gasteiger partial charge in [0.2, 0.25) is 0 Å². The van der Waals surface area contributed by atoms with Crippen LogP contribution in [-0.2, 0) is 6.54 Å².